The van der Waals surface area contributed by atoms with Crippen molar-refractivity contribution in [1.29, 1.82) is 0 Å². The maximum atomic E-state index is 14.3. The van der Waals surface area contributed by atoms with E-state index in [4.69, 9.17) is 29.4 Å². The van der Waals surface area contributed by atoms with Crippen LogP contribution in [-0.4, -0.2) is 39.0 Å². The first-order chi connectivity index (χ1) is 20.8. The largest absolute Gasteiger partial charge is 0.496 e. The molecule has 5 aromatic rings. The van der Waals surface area contributed by atoms with Crippen molar-refractivity contribution in [1.82, 2.24) is 4.57 Å². The van der Waals surface area contributed by atoms with Gasteiger partial charge in [0.15, 0.2) is 11.5 Å². The Kier molecular flexibility index (Phi) is 9.70. The summed E-state index contributed by atoms with van der Waals surface area (Å²) in [4.78, 5) is 27.9. The molecule has 0 spiro atoms. The molecule has 228 valence electrons. The van der Waals surface area contributed by atoms with Crippen LogP contribution in [0.1, 0.15) is 21.6 Å². The number of rotatable bonds is 9. The van der Waals surface area contributed by atoms with Crippen molar-refractivity contribution < 1.29 is 28.5 Å². The zero-order chi connectivity index (χ0) is 30.7. The summed E-state index contributed by atoms with van der Waals surface area (Å²) in [6.45, 7) is 2.13. The third-order valence-electron chi connectivity index (χ3n) is 7.28. The molecule has 0 fully saturated rings. The highest BCUT2D eigenvalue weighted by Gasteiger charge is 2.27. The van der Waals surface area contributed by atoms with Crippen molar-refractivity contribution in [3.8, 4) is 39.8 Å². The average molecular weight is 617 g/mol. The van der Waals surface area contributed by atoms with Crippen molar-refractivity contribution in [3.63, 3.8) is 0 Å². The van der Waals surface area contributed by atoms with E-state index < -0.39 is 11.5 Å². The lowest BCUT2D eigenvalue weighted by atomic mass is 9.94. The van der Waals surface area contributed by atoms with Crippen molar-refractivity contribution >= 4 is 34.8 Å². The summed E-state index contributed by atoms with van der Waals surface area (Å²) in [6.07, 6.45) is 0. The smallest absolute Gasteiger partial charge is 0.355 e. The number of esters is 1. The molecule has 1 aromatic heterocycles. The van der Waals surface area contributed by atoms with E-state index >= 15 is 0 Å². The molecule has 0 aliphatic heterocycles. The number of fused-ring (bicyclic) bond motifs is 1. The van der Waals surface area contributed by atoms with Gasteiger partial charge in [-0.1, -0.05) is 30.3 Å². The standard InChI is InChI=1S/C34H32N2O7.ClH/c1-20-27(39-2)15-22(16-28(20)40-3)31-25-17-29(41-4)30(43-19-21-9-7-6-8-10-21)18-26(25)33(37)36(32(31)34(38)42-5)24-13-11-23(35)12-14-24;/h6-18H,19,35H2,1-5H3;1H. The second kappa shape index (κ2) is 13.4. The van der Waals surface area contributed by atoms with Gasteiger partial charge < -0.3 is 29.4 Å². The maximum absolute atomic E-state index is 14.3. The highest BCUT2D eigenvalue weighted by atomic mass is 35.5. The fraction of sp³-hybridized carbons (Fsp3) is 0.176. The molecule has 0 atom stereocenters. The molecule has 0 bridgehead atoms. The Labute approximate surface area is 261 Å². The summed E-state index contributed by atoms with van der Waals surface area (Å²) in [5.74, 6) is 1.12. The van der Waals surface area contributed by atoms with Gasteiger partial charge in [-0.25, -0.2) is 4.79 Å². The van der Waals surface area contributed by atoms with E-state index in [1.165, 1.54) is 18.8 Å². The number of benzene rings is 4. The Morgan fingerprint density at radius 3 is 1.93 bits per heavy atom. The van der Waals surface area contributed by atoms with Crippen LogP contribution < -0.4 is 30.2 Å². The van der Waals surface area contributed by atoms with Crippen molar-refractivity contribution in [2.75, 3.05) is 34.2 Å². The highest BCUT2D eigenvalue weighted by Crippen LogP contribution is 2.42. The molecule has 0 saturated carbocycles. The minimum Gasteiger partial charge on any atom is -0.496 e. The number of anilines is 1. The van der Waals surface area contributed by atoms with Crippen LogP contribution in [0.4, 0.5) is 5.69 Å². The lowest BCUT2D eigenvalue weighted by Crippen LogP contribution is -2.27. The van der Waals surface area contributed by atoms with Crippen LogP contribution in [0.5, 0.6) is 23.0 Å². The van der Waals surface area contributed by atoms with Crippen molar-refractivity contribution in [2.45, 2.75) is 13.5 Å². The van der Waals surface area contributed by atoms with E-state index in [1.54, 1.807) is 62.8 Å². The summed E-state index contributed by atoms with van der Waals surface area (Å²) in [5, 5.41) is 0.746. The summed E-state index contributed by atoms with van der Waals surface area (Å²) < 4.78 is 29.8. The van der Waals surface area contributed by atoms with Gasteiger partial charge in [-0.05, 0) is 66.6 Å². The molecule has 0 radical (unpaired) electrons. The van der Waals surface area contributed by atoms with E-state index in [1.807, 2.05) is 37.3 Å². The van der Waals surface area contributed by atoms with Gasteiger partial charge in [0.2, 0.25) is 0 Å². The second-order valence-electron chi connectivity index (χ2n) is 9.78. The normalized spacial score (nSPS) is 10.6. The van der Waals surface area contributed by atoms with Crippen LogP contribution in [-0.2, 0) is 11.3 Å². The first-order valence-electron chi connectivity index (χ1n) is 13.5. The van der Waals surface area contributed by atoms with E-state index in [9.17, 15) is 9.59 Å². The lowest BCUT2D eigenvalue weighted by molar-refractivity contribution is 0.0591. The number of nitrogens with zero attached hydrogens (tertiary/aromatic N) is 1. The fourth-order valence-electron chi connectivity index (χ4n) is 5.10. The number of halogens is 1. The number of hydrogen-bond acceptors (Lipinski definition) is 8. The van der Waals surface area contributed by atoms with Gasteiger partial charge in [-0.3, -0.25) is 9.36 Å². The van der Waals surface area contributed by atoms with Crippen LogP contribution in [0.2, 0.25) is 0 Å². The van der Waals surface area contributed by atoms with Gasteiger partial charge in [-0.15, -0.1) is 12.4 Å². The molecular formula is C34H33ClN2O7. The molecule has 0 aliphatic rings. The molecule has 10 heteroatoms. The number of hydrogen-bond donors (Lipinski definition) is 1. The predicted molar refractivity (Wildman–Crippen MR) is 173 cm³/mol. The van der Waals surface area contributed by atoms with Crippen LogP contribution in [0.25, 0.3) is 27.6 Å². The van der Waals surface area contributed by atoms with Crippen LogP contribution in [0, 0.1) is 6.92 Å². The highest BCUT2D eigenvalue weighted by molar-refractivity contribution is 6.08. The monoisotopic (exact) mass is 616 g/mol. The molecular weight excluding hydrogens is 584 g/mol. The predicted octanol–water partition coefficient (Wildman–Crippen LogP) is 6.36. The van der Waals surface area contributed by atoms with E-state index in [0.717, 1.165) is 11.1 Å². The molecule has 2 N–H and O–H groups in total. The Hall–Kier alpha value is -5.15. The first kappa shape index (κ1) is 31.8. The SMILES string of the molecule is COC(=O)c1c(-c2cc(OC)c(C)c(OC)c2)c2cc(OC)c(OCc3ccccc3)cc2c(=O)n1-c1ccc(N)cc1.Cl. The molecule has 0 aliphatic carbocycles. The molecule has 5 rings (SSSR count). The number of aromatic nitrogens is 1. The second-order valence-corrected chi connectivity index (χ2v) is 9.78. The van der Waals surface area contributed by atoms with Crippen molar-refractivity contribution in [3.05, 3.63) is 106 Å². The van der Waals surface area contributed by atoms with Gasteiger partial charge in [-0.2, -0.15) is 0 Å². The quantitative estimate of drug-likeness (QED) is 0.150. The van der Waals surface area contributed by atoms with E-state index in [-0.39, 0.29) is 24.7 Å². The Balaban J connectivity index is 0.00000442. The van der Waals surface area contributed by atoms with Gasteiger partial charge in [0.25, 0.3) is 5.56 Å². The number of pyridine rings is 1. The Morgan fingerprint density at radius 2 is 1.36 bits per heavy atom. The van der Waals surface area contributed by atoms with Crippen LogP contribution in [0.3, 0.4) is 0 Å². The van der Waals surface area contributed by atoms with Gasteiger partial charge in [0, 0.05) is 27.9 Å². The molecule has 0 amide bonds. The number of methoxy groups -OCH3 is 4. The summed E-state index contributed by atoms with van der Waals surface area (Å²) in [5.41, 5.74) is 9.15. The summed E-state index contributed by atoms with van der Waals surface area (Å²) >= 11 is 0. The Morgan fingerprint density at radius 1 is 0.773 bits per heavy atom. The number of nitrogens with two attached hydrogens (primary N) is 1. The van der Waals surface area contributed by atoms with E-state index in [2.05, 4.69) is 0 Å². The molecule has 9 nitrogen and oxygen atoms in total. The molecule has 1 heterocycles. The summed E-state index contributed by atoms with van der Waals surface area (Å²) in [6, 6.07) is 23.3. The van der Waals surface area contributed by atoms with Crippen LogP contribution in [0.15, 0.2) is 83.7 Å². The topological polar surface area (TPSA) is 111 Å². The third kappa shape index (κ3) is 5.87. The zero-order valence-electron chi connectivity index (χ0n) is 25.0. The number of carbonyl (C=O) groups is 1. The van der Waals surface area contributed by atoms with E-state index in [0.29, 0.717) is 56.3 Å². The van der Waals surface area contributed by atoms with Gasteiger partial charge in [0.05, 0.1) is 33.8 Å². The Bertz CT molecular complexity index is 1850. The van der Waals surface area contributed by atoms with Crippen molar-refractivity contribution in [2.24, 2.45) is 0 Å². The molecule has 4 aromatic carbocycles. The number of carbonyl (C=O) groups excluding carboxylic acids is 1. The minimum absolute atomic E-state index is 0. The van der Waals surface area contributed by atoms with Crippen LogP contribution >= 0.6 is 12.4 Å². The average Bonchev–Trinajstić information content (AvgIpc) is 3.04. The number of ether oxygens (including phenoxy) is 5. The number of nitrogen functional groups attached to an aromatic ring is 1. The minimum atomic E-state index is -0.715. The summed E-state index contributed by atoms with van der Waals surface area (Å²) in [7, 11) is 5.90. The van der Waals surface area contributed by atoms with Gasteiger partial charge >= 0.3 is 5.97 Å². The maximum Gasteiger partial charge on any atom is 0.355 e. The molecule has 44 heavy (non-hydrogen) atoms. The zero-order valence-corrected chi connectivity index (χ0v) is 25.8. The molecule has 0 saturated heterocycles. The first-order valence-corrected chi connectivity index (χ1v) is 13.5. The fourth-order valence-corrected chi connectivity index (χ4v) is 5.10. The molecule has 0 unspecified atom stereocenters. The lowest BCUT2D eigenvalue weighted by Gasteiger charge is -2.21. The third-order valence-corrected chi connectivity index (χ3v) is 7.28. The van der Waals surface area contributed by atoms with Gasteiger partial charge in [0.1, 0.15) is 23.8 Å².